The summed E-state index contributed by atoms with van der Waals surface area (Å²) in [5.41, 5.74) is 0.243. The van der Waals surface area contributed by atoms with E-state index in [-0.39, 0.29) is 5.56 Å². The van der Waals surface area contributed by atoms with Crippen molar-refractivity contribution in [2.75, 3.05) is 37.9 Å². The number of rotatable bonds is 6. The first-order chi connectivity index (χ1) is 14.7. The van der Waals surface area contributed by atoms with Gasteiger partial charge in [0.05, 0.1) is 31.8 Å². The Bertz CT molecular complexity index is 1020. The van der Waals surface area contributed by atoms with E-state index in [0.717, 1.165) is 5.56 Å². The number of morpholine rings is 1. The van der Waals surface area contributed by atoms with Crippen LogP contribution in [0.2, 0.25) is 0 Å². The van der Waals surface area contributed by atoms with E-state index in [0.29, 0.717) is 56.6 Å². The molecule has 0 unspecified atom stereocenters. The zero-order chi connectivity index (χ0) is 22.6. The molecule has 1 aromatic heterocycles. The third-order valence-electron chi connectivity index (χ3n) is 4.88. The van der Waals surface area contributed by atoms with Gasteiger partial charge in [0.25, 0.3) is 0 Å². The second-order valence-corrected chi connectivity index (χ2v) is 8.47. The summed E-state index contributed by atoms with van der Waals surface area (Å²) in [5.74, 6) is -1.25. The van der Waals surface area contributed by atoms with Crippen LogP contribution in [0.15, 0.2) is 29.2 Å². The molecule has 0 atom stereocenters. The van der Waals surface area contributed by atoms with Crippen LogP contribution < -0.4 is 15.8 Å². The monoisotopic (exact) mass is 431 g/mol. The molecule has 2 heterocycles. The normalized spacial score (nSPS) is 14.5. The lowest BCUT2D eigenvalue weighted by Crippen LogP contribution is -2.44. The van der Waals surface area contributed by atoms with Gasteiger partial charge >= 0.3 is 12.1 Å². The molecule has 0 radical (unpaired) electrons. The van der Waals surface area contributed by atoms with Crippen LogP contribution in [-0.4, -0.2) is 60.3 Å². The molecule has 9 nitrogen and oxygen atoms in total. The third-order valence-corrected chi connectivity index (χ3v) is 4.88. The molecule has 2 N–H and O–H groups in total. The number of pyridine rings is 1. The second-order valence-electron chi connectivity index (χ2n) is 8.47. The Hall–Kier alpha value is -3.07. The van der Waals surface area contributed by atoms with Gasteiger partial charge < -0.3 is 24.9 Å². The van der Waals surface area contributed by atoms with E-state index in [1.165, 1.54) is 6.20 Å². The molecule has 1 aliphatic rings. The lowest BCUT2D eigenvalue weighted by Gasteiger charge is -2.32. The molecule has 9 heteroatoms. The number of aryl methyl sites for hydroxylation is 1. The number of amides is 1. The number of hydrogen-bond acceptors (Lipinski definition) is 6. The zero-order valence-electron chi connectivity index (χ0n) is 18.1. The summed E-state index contributed by atoms with van der Waals surface area (Å²) in [5, 5.41) is 14.6. The summed E-state index contributed by atoms with van der Waals surface area (Å²) in [6, 6.07) is 5.51. The number of fused-ring (bicyclic) bond motifs is 1. The summed E-state index contributed by atoms with van der Waals surface area (Å²) < 4.78 is 12.3. The minimum Gasteiger partial charge on any atom is -0.477 e. The smallest absolute Gasteiger partial charge is 0.407 e. The molecule has 3 rings (SSSR count). The lowest BCUT2D eigenvalue weighted by molar-refractivity contribution is 0.0526. The molecule has 1 amide bonds. The molecule has 0 spiro atoms. The van der Waals surface area contributed by atoms with Crippen molar-refractivity contribution in [1.29, 1.82) is 0 Å². The molecule has 0 saturated carbocycles. The fourth-order valence-electron chi connectivity index (χ4n) is 3.47. The minimum atomic E-state index is -1.25. The molecule has 2 aromatic rings. The van der Waals surface area contributed by atoms with Gasteiger partial charge in [0, 0.05) is 18.1 Å². The Kier molecular flexibility index (Phi) is 6.84. The molecule has 1 aromatic carbocycles. The Morgan fingerprint density at radius 2 is 1.94 bits per heavy atom. The number of nitrogens with zero attached hydrogens (tertiary/aromatic N) is 2. The van der Waals surface area contributed by atoms with Crippen molar-refractivity contribution in [3.05, 3.63) is 45.7 Å². The van der Waals surface area contributed by atoms with Crippen molar-refractivity contribution < 1.29 is 24.2 Å². The Balaban J connectivity index is 1.79. The Labute approximate surface area is 180 Å². The fourth-order valence-corrected chi connectivity index (χ4v) is 3.47. The van der Waals surface area contributed by atoms with Crippen LogP contribution in [0.1, 0.15) is 43.1 Å². The third kappa shape index (κ3) is 5.75. The number of carboxylic acid groups (broad SMARTS) is 1. The first-order valence-corrected chi connectivity index (χ1v) is 10.4. The lowest BCUT2D eigenvalue weighted by atomic mass is 10.0. The number of benzene rings is 1. The summed E-state index contributed by atoms with van der Waals surface area (Å²) in [6.45, 7) is 8.13. The molecule has 0 bridgehead atoms. The van der Waals surface area contributed by atoms with Crippen molar-refractivity contribution in [1.82, 2.24) is 9.99 Å². The van der Waals surface area contributed by atoms with Gasteiger partial charge in [-0.25, -0.2) is 9.59 Å². The van der Waals surface area contributed by atoms with Crippen LogP contribution in [0, 0.1) is 0 Å². The number of alkyl carbamates (subject to hydrolysis) is 1. The summed E-state index contributed by atoms with van der Waals surface area (Å²) in [7, 11) is 0. The van der Waals surface area contributed by atoms with E-state index in [2.05, 4.69) is 5.32 Å². The average Bonchev–Trinajstić information content (AvgIpc) is 2.71. The summed E-state index contributed by atoms with van der Waals surface area (Å²) >= 11 is 0. The topological polar surface area (TPSA) is 110 Å². The van der Waals surface area contributed by atoms with E-state index in [1.54, 1.807) is 31.5 Å². The van der Waals surface area contributed by atoms with E-state index in [1.807, 2.05) is 17.1 Å². The minimum absolute atomic E-state index is 0.261. The molecule has 168 valence electrons. The number of aromatic carboxylic acids is 1. The molecular weight excluding hydrogens is 402 g/mol. The van der Waals surface area contributed by atoms with Crippen molar-refractivity contribution in [2.45, 2.75) is 39.2 Å². The van der Waals surface area contributed by atoms with Gasteiger partial charge in [-0.3, -0.25) is 9.47 Å². The molecule has 1 fully saturated rings. The van der Waals surface area contributed by atoms with Gasteiger partial charge in [0.15, 0.2) is 0 Å². The van der Waals surface area contributed by atoms with Gasteiger partial charge in [-0.05, 0) is 51.3 Å². The largest absolute Gasteiger partial charge is 0.477 e. The highest BCUT2D eigenvalue weighted by atomic mass is 16.6. The SMILES string of the molecule is CC(C)(C)OC(=O)NCCCc1ccc2c(c1)c(=O)c(C(=O)O)cn2N1CCOCC1. The van der Waals surface area contributed by atoms with E-state index >= 15 is 0 Å². The standard InChI is InChI=1S/C22H29N3O6/c1-22(2,3)31-21(29)23-8-4-5-15-6-7-18-16(13-15)19(26)17(20(27)28)14-25(18)24-9-11-30-12-10-24/h6-7,13-14H,4-5,8-12H2,1-3H3,(H,23,29)(H,27,28). The fraction of sp³-hybridized carbons (Fsp3) is 0.500. The number of hydrogen-bond donors (Lipinski definition) is 2. The van der Waals surface area contributed by atoms with Crippen LogP contribution in [0.5, 0.6) is 0 Å². The number of nitrogens with one attached hydrogen (secondary N) is 1. The number of ether oxygens (including phenoxy) is 2. The summed E-state index contributed by atoms with van der Waals surface area (Å²) in [4.78, 5) is 36.2. The predicted molar refractivity (Wildman–Crippen MR) is 116 cm³/mol. The average molecular weight is 431 g/mol. The van der Waals surface area contributed by atoms with Crippen LogP contribution >= 0.6 is 0 Å². The first kappa shape index (κ1) is 22.6. The van der Waals surface area contributed by atoms with E-state index < -0.39 is 23.1 Å². The highest BCUT2D eigenvalue weighted by Gasteiger charge is 2.19. The maximum Gasteiger partial charge on any atom is 0.407 e. The maximum absolute atomic E-state index is 12.8. The van der Waals surface area contributed by atoms with E-state index in [9.17, 15) is 19.5 Å². The predicted octanol–water partition coefficient (Wildman–Crippen LogP) is 2.13. The van der Waals surface area contributed by atoms with Crippen LogP contribution in [-0.2, 0) is 15.9 Å². The molecular formula is C22H29N3O6. The summed E-state index contributed by atoms with van der Waals surface area (Å²) in [6.07, 6.45) is 2.20. The van der Waals surface area contributed by atoms with Gasteiger partial charge in [-0.2, -0.15) is 0 Å². The van der Waals surface area contributed by atoms with Crippen molar-refractivity contribution in [2.24, 2.45) is 0 Å². The molecule has 0 aliphatic carbocycles. The van der Waals surface area contributed by atoms with Crippen molar-refractivity contribution in [3.63, 3.8) is 0 Å². The van der Waals surface area contributed by atoms with Crippen molar-refractivity contribution in [3.8, 4) is 0 Å². The van der Waals surface area contributed by atoms with Crippen LogP contribution in [0.25, 0.3) is 10.9 Å². The molecule has 1 saturated heterocycles. The molecule has 31 heavy (non-hydrogen) atoms. The van der Waals surface area contributed by atoms with Crippen LogP contribution in [0.3, 0.4) is 0 Å². The number of aromatic nitrogens is 1. The van der Waals surface area contributed by atoms with Crippen molar-refractivity contribution >= 4 is 23.0 Å². The first-order valence-electron chi connectivity index (χ1n) is 10.4. The van der Waals surface area contributed by atoms with Crippen LogP contribution in [0.4, 0.5) is 4.79 Å². The Morgan fingerprint density at radius 1 is 1.23 bits per heavy atom. The number of carboxylic acids is 1. The van der Waals surface area contributed by atoms with Gasteiger partial charge in [0.2, 0.25) is 5.43 Å². The molecule has 1 aliphatic heterocycles. The quantitative estimate of drug-likeness (QED) is 0.674. The van der Waals surface area contributed by atoms with Gasteiger partial charge in [0.1, 0.15) is 11.2 Å². The Morgan fingerprint density at radius 3 is 2.58 bits per heavy atom. The highest BCUT2D eigenvalue weighted by molar-refractivity contribution is 5.92. The maximum atomic E-state index is 12.8. The number of carbonyl (C=O) groups is 2. The zero-order valence-corrected chi connectivity index (χ0v) is 18.1. The van der Waals surface area contributed by atoms with Gasteiger partial charge in [-0.1, -0.05) is 6.07 Å². The second kappa shape index (κ2) is 9.38. The number of carbonyl (C=O) groups excluding carboxylic acids is 1. The highest BCUT2D eigenvalue weighted by Crippen LogP contribution is 2.17. The van der Waals surface area contributed by atoms with Gasteiger partial charge in [-0.15, -0.1) is 0 Å². The van der Waals surface area contributed by atoms with E-state index in [4.69, 9.17) is 9.47 Å².